The summed E-state index contributed by atoms with van der Waals surface area (Å²) >= 11 is 1.33. The summed E-state index contributed by atoms with van der Waals surface area (Å²) in [5.74, 6) is -1.28. The lowest BCUT2D eigenvalue weighted by Crippen LogP contribution is -2.26. The average molecular weight is 275 g/mol. The number of aliphatic hydroxyl groups excluding tert-OH is 2. The van der Waals surface area contributed by atoms with Crippen LogP contribution in [0.3, 0.4) is 0 Å². The summed E-state index contributed by atoms with van der Waals surface area (Å²) in [5, 5.41) is 17.9. The Kier molecular flexibility index (Phi) is 3.88. The Bertz CT molecular complexity index is 484. The summed E-state index contributed by atoms with van der Waals surface area (Å²) in [6.07, 6.45) is 1.51. The Morgan fingerprint density at radius 1 is 1.56 bits per heavy atom. The van der Waals surface area contributed by atoms with E-state index >= 15 is 0 Å². The van der Waals surface area contributed by atoms with Gasteiger partial charge in [-0.2, -0.15) is 4.98 Å². The van der Waals surface area contributed by atoms with Crippen LogP contribution in [0.15, 0.2) is 11.0 Å². The van der Waals surface area contributed by atoms with E-state index in [1.54, 1.807) is 0 Å². The fraction of sp³-hybridized carbons (Fsp3) is 0.600. The average Bonchev–Trinajstić information content (AvgIpc) is 2.76. The highest BCUT2D eigenvalue weighted by Crippen LogP contribution is 2.44. The number of nitrogen functional groups attached to an aromatic ring is 1. The maximum atomic E-state index is 13.3. The van der Waals surface area contributed by atoms with Crippen LogP contribution in [-0.4, -0.2) is 38.2 Å². The van der Waals surface area contributed by atoms with E-state index in [-0.39, 0.29) is 29.8 Å². The minimum atomic E-state index is -0.747. The normalized spacial score (nSPS) is 27.6. The van der Waals surface area contributed by atoms with Gasteiger partial charge in [0.1, 0.15) is 0 Å². The van der Waals surface area contributed by atoms with E-state index in [1.807, 2.05) is 0 Å². The highest BCUT2D eigenvalue weighted by molar-refractivity contribution is 8.00. The molecule has 2 rings (SSSR count). The molecule has 1 aromatic heterocycles. The van der Waals surface area contributed by atoms with Crippen LogP contribution < -0.4 is 11.4 Å². The number of hydrogen-bond acceptors (Lipinski definition) is 6. The highest BCUT2D eigenvalue weighted by Gasteiger charge is 2.35. The van der Waals surface area contributed by atoms with E-state index in [2.05, 4.69) is 4.98 Å². The summed E-state index contributed by atoms with van der Waals surface area (Å²) in [4.78, 5) is 15.0. The van der Waals surface area contributed by atoms with E-state index in [4.69, 9.17) is 5.73 Å². The van der Waals surface area contributed by atoms with Gasteiger partial charge in [-0.05, 0) is 12.3 Å². The largest absolute Gasteiger partial charge is 0.396 e. The van der Waals surface area contributed by atoms with Crippen molar-refractivity contribution < 1.29 is 14.6 Å². The Balaban J connectivity index is 2.28. The molecule has 18 heavy (non-hydrogen) atoms. The summed E-state index contributed by atoms with van der Waals surface area (Å²) in [6.45, 7) is -0.166. The maximum absolute atomic E-state index is 13.3. The monoisotopic (exact) mass is 275 g/mol. The third kappa shape index (κ3) is 2.36. The van der Waals surface area contributed by atoms with E-state index < -0.39 is 17.3 Å². The molecular weight excluding hydrogens is 261 g/mol. The van der Waals surface area contributed by atoms with E-state index in [1.165, 1.54) is 11.8 Å². The number of nitrogens with zero attached hydrogens (tertiary/aromatic N) is 2. The summed E-state index contributed by atoms with van der Waals surface area (Å²) in [5.41, 5.74) is 4.59. The third-order valence-corrected chi connectivity index (χ3v) is 4.64. The number of rotatable bonds is 3. The van der Waals surface area contributed by atoms with Crippen molar-refractivity contribution in [1.29, 1.82) is 0 Å². The Morgan fingerprint density at radius 3 is 2.83 bits per heavy atom. The van der Waals surface area contributed by atoms with Gasteiger partial charge in [-0.25, -0.2) is 9.18 Å². The predicted molar refractivity (Wildman–Crippen MR) is 65.6 cm³/mol. The Labute approximate surface area is 107 Å². The summed E-state index contributed by atoms with van der Waals surface area (Å²) < 4.78 is 14.5. The minimum Gasteiger partial charge on any atom is -0.396 e. The van der Waals surface area contributed by atoms with Crippen LogP contribution in [0.5, 0.6) is 0 Å². The molecule has 2 heterocycles. The molecule has 0 aromatic carbocycles. The van der Waals surface area contributed by atoms with Gasteiger partial charge in [0.2, 0.25) is 0 Å². The molecule has 100 valence electrons. The molecule has 0 saturated carbocycles. The number of thioether (sulfide) groups is 1. The van der Waals surface area contributed by atoms with Gasteiger partial charge in [0.05, 0.1) is 12.0 Å². The first-order chi connectivity index (χ1) is 8.56. The Morgan fingerprint density at radius 2 is 2.28 bits per heavy atom. The molecule has 0 aliphatic carbocycles. The van der Waals surface area contributed by atoms with Gasteiger partial charge >= 0.3 is 5.69 Å². The fourth-order valence-corrected chi connectivity index (χ4v) is 3.56. The Hall–Kier alpha value is -1.12. The molecule has 1 fully saturated rings. The van der Waals surface area contributed by atoms with Crippen LogP contribution in [-0.2, 0) is 0 Å². The third-order valence-electron chi connectivity index (χ3n) is 3.02. The van der Waals surface area contributed by atoms with Crippen molar-refractivity contribution >= 4 is 17.6 Å². The molecule has 0 amide bonds. The number of halogens is 1. The molecule has 6 nitrogen and oxygen atoms in total. The predicted octanol–water partition coefficient (Wildman–Crippen LogP) is -0.430. The first-order valence-corrected chi connectivity index (χ1v) is 6.42. The topological polar surface area (TPSA) is 101 Å². The molecule has 1 aromatic rings. The van der Waals surface area contributed by atoms with Gasteiger partial charge in [-0.15, -0.1) is 11.8 Å². The number of anilines is 1. The zero-order chi connectivity index (χ0) is 13.3. The van der Waals surface area contributed by atoms with Gasteiger partial charge in [-0.3, -0.25) is 4.57 Å². The molecule has 4 N–H and O–H groups in total. The minimum absolute atomic E-state index is 0.0750. The molecule has 0 radical (unpaired) electrons. The van der Waals surface area contributed by atoms with Crippen molar-refractivity contribution in [1.82, 2.24) is 9.55 Å². The first-order valence-electron chi connectivity index (χ1n) is 5.48. The summed E-state index contributed by atoms with van der Waals surface area (Å²) in [6, 6.07) is 0. The second kappa shape index (κ2) is 5.25. The lowest BCUT2D eigenvalue weighted by Gasteiger charge is -2.13. The molecule has 1 aliphatic rings. The van der Waals surface area contributed by atoms with Crippen molar-refractivity contribution in [2.24, 2.45) is 5.92 Å². The number of aromatic nitrogens is 2. The van der Waals surface area contributed by atoms with Crippen LogP contribution in [0.2, 0.25) is 0 Å². The lowest BCUT2D eigenvalue weighted by atomic mass is 10.0. The van der Waals surface area contributed by atoms with Crippen LogP contribution in [0.25, 0.3) is 0 Å². The van der Waals surface area contributed by atoms with E-state index in [0.29, 0.717) is 6.42 Å². The van der Waals surface area contributed by atoms with Crippen molar-refractivity contribution in [2.45, 2.75) is 17.0 Å². The molecule has 1 aliphatic heterocycles. The van der Waals surface area contributed by atoms with E-state index in [0.717, 1.165) is 10.8 Å². The van der Waals surface area contributed by atoms with E-state index in [9.17, 15) is 19.4 Å². The summed E-state index contributed by atoms with van der Waals surface area (Å²) in [7, 11) is 0. The zero-order valence-corrected chi connectivity index (χ0v) is 10.3. The van der Waals surface area contributed by atoms with Crippen molar-refractivity contribution in [3.8, 4) is 0 Å². The van der Waals surface area contributed by atoms with Gasteiger partial charge in [-0.1, -0.05) is 0 Å². The van der Waals surface area contributed by atoms with Crippen LogP contribution >= 0.6 is 11.8 Å². The highest BCUT2D eigenvalue weighted by atomic mass is 32.2. The number of nitrogens with two attached hydrogens (primary N) is 1. The molecule has 0 spiro atoms. The van der Waals surface area contributed by atoms with Crippen molar-refractivity contribution in [3.63, 3.8) is 0 Å². The van der Waals surface area contributed by atoms with Crippen LogP contribution in [0.4, 0.5) is 10.2 Å². The molecule has 0 unspecified atom stereocenters. The second-order valence-corrected chi connectivity index (χ2v) is 5.58. The number of hydrogen-bond donors (Lipinski definition) is 3. The lowest BCUT2D eigenvalue weighted by molar-refractivity contribution is 0.187. The second-order valence-electron chi connectivity index (χ2n) is 4.15. The fourth-order valence-electron chi connectivity index (χ4n) is 2.01. The number of aliphatic hydroxyl groups is 2. The molecule has 8 heteroatoms. The molecule has 1 saturated heterocycles. The van der Waals surface area contributed by atoms with Crippen LogP contribution in [0, 0.1) is 11.7 Å². The smallest absolute Gasteiger partial charge is 0.350 e. The van der Waals surface area contributed by atoms with Crippen molar-refractivity contribution in [2.75, 3.05) is 18.9 Å². The van der Waals surface area contributed by atoms with Gasteiger partial charge < -0.3 is 15.9 Å². The zero-order valence-electron chi connectivity index (χ0n) is 9.49. The maximum Gasteiger partial charge on any atom is 0.350 e. The molecule has 0 bridgehead atoms. The van der Waals surface area contributed by atoms with Gasteiger partial charge in [0.15, 0.2) is 11.6 Å². The van der Waals surface area contributed by atoms with Crippen LogP contribution in [0.1, 0.15) is 11.8 Å². The quantitative estimate of drug-likeness (QED) is 0.692. The molecular formula is C10H14FN3O3S. The van der Waals surface area contributed by atoms with Crippen molar-refractivity contribution in [3.05, 3.63) is 22.5 Å². The van der Waals surface area contributed by atoms with Gasteiger partial charge in [0, 0.05) is 18.1 Å². The molecule has 3 atom stereocenters. The SMILES string of the molecule is Nc1nc(=O)n([C@H]2C[C@H](CO)[C@@H](CO)S2)cc1F. The standard InChI is InChI=1S/C10H14FN3O3S/c11-6-2-14(10(17)13-9(6)12)8-1-5(3-15)7(4-16)18-8/h2,5,7-8,15-16H,1,3-4H2,(H2,12,13,17)/t5-,7-,8-/m1/s1. The first kappa shape index (κ1) is 13.3. The van der Waals surface area contributed by atoms with Gasteiger partial charge in [0.25, 0.3) is 0 Å².